The van der Waals surface area contributed by atoms with E-state index in [-0.39, 0.29) is 44.6 Å². The van der Waals surface area contributed by atoms with E-state index in [2.05, 4.69) is 0 Å². The van der Waals surface area contributed by atoms with Gasteiger partial charge in [-0.2, -0.15) is 5.26 Å². The number of pyridine rings is 1. The molecule has 0 amide bonds. The summed E-state index contributed by atoms with van der Waals surface area (Å²) in [5.41, 5.74) is -0.0388. The molecule has 33 heavy (non-hydrogen) atoms. The third kappa shape index (κ3) is 4.68. The van der Waals surface area contributed by atoms with E-state index < -0.39 is 17.2 Å². The molecule has 0 aliphatic rings. The number of ether oxygens (including phenoxy) is 2. The molecule has 0 atom stereocenters. The van der Waals surface area contributed by atoms with Gasteiger partial charge in [0.1, 0.15) is 17.4 Å². The number of aromatic nitrogens is 1. The highest BCUT2D eigenvalue weighted by molar-refractivity contribution is 6.38. The molecule has 0 saturated heterocycles. The number of ketones is 1. The first-order chi connectivity index (χ1) is 15.7. The quantitative estimate of drug-likeness (QED) is 0.492. The monoisotopic (exact) mass is 486 g/mol. The summed E-state index contributed by atoms with van der Waals surface area (Å²) in [4.78, 5) is 26.2. The van der Waals surface area contributed by atoms with Crippen LogP contribution in [-0.4, -0.2) is 29.7 Å². The van der Waals surface area contributed by atoms with Crippen molar-refractivity contribution < 1.29 is 19.4 Å². The molecule has 1 aromatic heterocycles. The fraction of sp³-hybridized carbons (Fsp3) is 0.208. The highest BCUT2D eigenvalue weighted by atomic mass is 35.5. The minimum absolute atomic E-state index is 0.0519. The van der Waals surface area contributed by atoms with E-state index in [9.17, 15) is 20.0 Å². The van der Waals surface area contributed by atoms with Gasteiger partial charge in [0, 0.05) is 12.1 Å². The number of benzene rings is 2. The second-order valence-electron chi connectivity index (χ2n) is 7.17. The van der Waals surface area contributed by atoms with Gasteiger partial charge >= 0.3 is 0 Å². The third-order valence-corrected chi connectivity index (χ3v) is 5.84. The molecule has 0 aliphatic heterocycles. The molecule has 0 bridgehead atoms. The van der Waals surface area contributed by atoms with Crippen molar-refractivity contribution in [1.29, 1.82) is 5.26 Å². The van der Waals surface area contributed by atoms with Crippen LogP contribution < -0.4 is 15.0 Å². The molecule has 0 radical (unpaired) electrons. The largest absolute Gasteiger partial charge is 0.497 e. The first kappa shape index (κ1) is 24.2. The van der Waals surface area contributed by atoms with Gasteiger partial charge in [0.15, 0.2) is 11.5 Å². The first-order valence-electron chi connectivity index (χ1n) is 9.80. The van der Waals surface area contributed by atoms with E-state index in [0.29, 0.717) is 12.2 Å². The van der Waals surface area contributed by atoms with E-state index in [1.165, 1.54) is 26.2 Å². The molecule has 0 fully saturated rings. The molecular weight excluding hydrogens is 467 g/mol. The lowest BCUT2D eigenvalue weighted by molar-refractivity contribution is 0.103. The SMILES string of the molecule is COc1ccc(CCn2c(O)c(C(=O)c3cc(Cl)c(OC)c(Cl)c3)c(C)c(C#N)c2=O)cc1. The smallest absolute Gasteiger partial charge is 0.271 e. The summed E-state index contributed by atoms with van der Waals surface area (Å²) in [6.45, 7) is 1.49. The minimum atomic E-state index is -0.677. The molecule has 3 rings (SSSR count). The number of nitrogens with zero attached hydrogens (tertiary/aromatic N) is 2. The fourth-order valence-electron chi connectivity index (χ4n) is 3.49. The van der Waals surface area contributed by atoms with Gasteiger partial charge in [-0.15, -0.1) is 0 Å². The summed E-state index contributed by atoms with van der Waals surface area (Å²) in [5.74, 6) is -0.271. The highest BCUT2D eigenvalue weighted by Crippen LogP contribution is 2.35. The van der Waals surface area contributed by atoms with Crippen LogP contribution in [0.2, 0.25) is 10.0 Å². The summed E-state index contributed by atoms with van der Waals surface area (Å²) in [5, 5.41) is 20.7. The average Bonchev–Trinajstić information content (AvgIpc) is 2.79. The topological polar surface area (TPSA) is 102 Å². The number of hydrogen-bond acceptors (Lipinski definition) is 6. The number of carbonyl (C=O) groups is 1. The van der Waals surface area contributed by atoms with Crippen LogP contribution in [0, 0.1) is 18.3 Å². The molecule has 0 spiro atoms. The molecule has 0 saturated carbocycles. The predicted molar refractivity (Wildman–Crippen MR) is 125 cm³/mol. The van der Waals surface area contributed by atoms with Crippen molar-refractivity contribution in [3.8, 4) is 23.4 Å². The Morgan fingerprint density at radius 2 is 1.73 bits per heavy atom. The van der Waals surface area contributed by atoms with Gasteiger partial charge in [0.2, 0.25) is 5.88 Å². The number of hydrogen-bond donors (Lipinski definition) is 1. The maximum atomic E-state index is 13.3. The molecule has 1 heterocycles. The Balaban J connectivity index is 2.08. The van der Waals surface area contributed by atoms with Gasteiger partial charge in [-0.25, -0.2) is 0 Å². The molecule has 0 unspecified atom stereocenters. The van der Waals surface area contributed by atoms with Crippen molar-refractivity contribution in [2.24, 2.45) is 0 Å². The second kappa shape index (κ2) is 9.99. The second-order valence-corrected chi connectivity index (χ2v) is 7.98. The summed E-state index contributed by atoms with van der Waals surface area (Å²) >= 11 is 12.3. The Kier molecular flexibility index (Phi) is 7.32. The van der Waals surface area contributed by atoms with Crippen molar-refractivity contribution >= 4 is 29.0 Å². The Bertz CT molecular complexity index is 1300. The van der Waals surface area contributed by atoms with Crippen molar-refractivity contribution in [2.75, 3.05) is 14.2 Å². The van der Waals surface area contributed by atoms with Crippen molar-refractivity contribution in [3.05, 3.63) is 84.6 Å². The number of carbonyl (C=O) groups excluding carboxylic acids is 1. The van der Waals surface area contributed by atoms with Gasteiger partial charge in [-0.1, -0.05) is 35.3 Å². The van der Waals surface area contributed by atoms with E-state index in [4.69, 9.17) is 32.7 Å². The Hall–Kier alpha value is -3.47. The predicted octanol–water partition coefficient (Wildman–Crippen LogP) is 4.53. The standard InChI is InChI=1S/C24H20Cl2N2O5/c1-13-17(12-27)23(30)28(9-8-14-4-6-16(32-2)7-5-14)24(31)20(13)21(29)15-10-18(25)22(33-3)19(26)11-15/h4-7,10-11,31H,8-9H2,1-3H3. The van der Waals surface area contributed by atoms with Gasteiger partial charge in [-0.3, -0.25) is 14.2 Å². The molecular formula is C24H20Cl2N2O5. The van der Waals surface area contributed by atoms with Gasteiger partial charge in [0.25, 0.3) is 5.56 Å². The van der Waals surface area contributed by atoms with Crippen LogP contribution in [0.1, 0.15) is 32.6 Å². The zero-order valence-electron chi connectivity index (χ0n) is 18.1. The maximum Gasteiger partial charge on any atom is 0.271 e. The van der Waals surface area contributed by atoms with Gasteiger partial charge < -0.3 is 14.6 Å². The van der Waals surface area contributed by atoms with E-state index in [1.807, 2.05) is 18.2 Å². The number of halogens is 2. The molecule has 3 aromatic rings. The van der Waals surface area contributed by atoms with Crippen LogP contribution in [0.3, 0.4) is 0 Å². The lowest BCUT2D eigenvalue weighted by atomic mass is 9.97. The summed E-state index contributed by atoms with van der Waals surface area (Å²) < 4.78 is 11.3. The molecule has 9 heteroatoms. The first-order valence-corrected chi connectivity index (χ1v) is 10.6. The van der Waals surface area contributed by atoms with Crippen LogP contribution in [0.4, 0.5) is 0 Å². The highest BCUT2D eigenvalue weighted by Gasteiger charge is 2.26. The minimum Gasteiger partial charge on any atom is -0.497 e. The zero-order valence-corrected chi connectivity index (χ0v) is 19.6. The lowest BCUT2D eigenvalue weighted by Crippen LogP contribution is -2.27. The number of aryl methyl sites for hydroxylation is 1. The molecule has 7 nitrogen and oxygen atoms in total. The number of nitriles is 1. The van der Waals surface area contributed by atoms with E-state index in [0.717, 1.165) is 10.1 Å². The average molecular weight is 487 g/mol. The van der Waals surface area contributed by atoms with Crippen LogP contribution in [-0.2, 0) is 13.0 Å². The summed E-state index contributed by atoms with van der Waals surface area (Å²) in [6, 6.07) is 11.8. The van der Waals surface area contributed by atoms with Gasteiger partial charge in [-0.05, 0) is 48.7 Å². The Morgan fingerprint density at radius 1 is 1.12 bits per heavy atom. The van der Waals surface area contributed by atoms with E-state index in [1.54, 1.807) is 19.2 Å². The molecule has 170 valence electrons. The normalized spacial score (nSPS) is 10.5. The van der Waals surface area contributed by atoms with Gasteiger partial charge in [0.05, 0.1) is 29.8 Å². The van der Waals surface area contributed by atoms with E-state index >= 15 is 0 Å². The zero-order chi connectivity index (χ0) is 24.3. The maximum absolute atomic E-state index is 13.3. The van der Waals surface area contributed by atoms with Crippen LogP contribution in [0.25, 0.3) is 0 Å². The lowest BCUT2D eigenvalue weighted by Gasteiger charge is -2.16. The summed E-state index contributed by atoms with van der Waals surface area (Å²) in [6.07, 6.45) is 0.374. The van der Waals surface area contributed by atoms with Crippen molar-refractivity contribution in [2.45, 2.75) is 19.9 Å². The Morgan fingerprint density at radius 3 is 2.24 bits per heavy atom. The third-order valence-electron chi connectivity index (χ3n) is 5.27. The van der Waals surface area contributed by atoms with Crippen molar-refractivity contribution in [1.82, 2.24) is 4.57 Å². The van der Waals surface area contributed by atoms with Crippen LogP contribution >= 0.6 is 23.2 Å². The molecule has 0 aliphatic carbocycles. The fourth-order valence-corrected chi connectivity index (χ4v) is 4.13. The number of aromatic hydroxyl groups is 1. The number of rotatable bonds is 7. The number of methoxy groups -OCH3 is 2. The van der Waals surface area contributed by atoms with Crippen molar-refractivity contribution in [3.63, 3.8) is 0 Å². The summed E-state index contributed by atoms with van der Waals surface area (Å²) in [7, 11) is 2.95. The van der Waals surface area contributed by atoms with Crippen LogP contribution in [0.15, 0.2) is 41.2 Å². The van der Waals surface area contributed by atoms with Crippen LogP contribution in [0.5, 0.6) is 17.4 Å². The molecule has 2 aromatic carbocycles. The Labute approximate surface area is 200 Å². The molecule has 1 N–H and O–H groups in total.